The molecule has 120 valence electrons. The van der Waals surface area contributed by atoms with Crippen LogP contribution in [-0.2, 0) is 6.54 Å². The van der Waals surface area contributed by atoms with E-state index in [1.807, 2.05) is 25.1 Å². The van der Waals surface area contributed by atoms with Crippen LogP contribution in [0, 0.1) is 12.8 Å². The van der Waals surface area contributed by atoms with Crippen LogP contribution in [0.1, 0.15) is 31.4 Å². The molecule has 0 aliphatic heterocycles. The summed E-state index contributed by atoms with van der Waals surface area (Å²) in [6.45, 7) is 7.78. The molecular formula is C16H25F3N2. The molecule has 1 aromatic rings. The predicted molar refractivity (Wildman–Crippen MR) is 81.7 cm³/mol. The minimum absolute atomic E-state index is 0.0241. The minimum atomic E-state index is -4.12. The quantitative estimate of drug-likeness (QED) is 0.814. The van der Waals surface area contributed by atoms with Gasteiger partial charge < -0.3 is 10.2 Å². The highest BCUT2D eigenvalue weighted by atomic mass is 19.4. The van der Waals surface area contributed by atoms with Gasteiger partial charge in [-0.3, -0.25) is 0 Å². The van der Waals surface area contributed by atoms with E-state index in [9.17, 15) is 13.2 Å². The van der Waals surface area contributed by atoms with E-state index in [0.29, 0.717) is 12.5 Å². The first-order valence-corrected chi connectivity index (χ1v) is 7.27. The molecule has 21 heavy (non-hydrogen) atoms. The second kappa shape index (κ2) is 7.69. The van der Waals surface area contributed by atoms with Gasteiger partial charge in [0.1, 0.15) is 0 Å². The second-order valence-electron chi connectivity index (χ2n) is 5.94. The van der Waals surface area contributed by atoms with Gasteiger partial charge in [0.25, 0.3) is 0 Å². The highest BCUT2D eigenvalue weighted by Crippen LogP contribution is 2.24. The van der Waals surface area contributed by atoms with Crippen LogP contribution < -0.4 is 10.2 Å². The summed E-state index contributed by atoms with van der Waals surface area (Å²) in [5.41, 5.74) is 3.02. The van der Waals surface area contributed by atoms with Crippen molar-refractivity contribution in [2.24, 2.45) is 5.92 Å². The number of hydrogen-bond donors (Lipinski definition) is 1. The summed E-state index contributed by atoms with van der Waals surface area (Å²) in [5.74, 6) is 0.543. The van der Waals surface area contributed by atoms with Gasteiger partial charge in [-0.25, -0.2) is 0 Å². The Morgan fingerprint density at radius 1 is 1.24 bits per heavy atom. The SMILES string of the molecule is Cc1ccc(N(C)CCC(F)(F)F)c(CNCC(C)C)c1. The van der Waals surface area contributed by atoms with Gasteiger partial charge in [0, 0.05) is 25.8 Å². The Labute approximate surface area is 125 Å². The average Bonchev–Trinajstić information content (AvgIpc) is 2.35. The zero-order chi connectivity index (χ0) is 16.0. The lowest BCUT2D eigenvalue weighted by molar-refractivity contribution is -0.132. The molecule has 0 aliphatic rings. The van der Waals surface area contributed by atoms with E-state index >= 15 is 0 Å². The molecule has 0 saturated heterocycles. The highest BCUT2D eigenvalue weighted by molar-refractivity contribution is 5.54. The number of benzene rings is 1. The maximum absolute atomic E-state index is 12.3. The number of nitrogens with zero attached hydrogens (tertiary/aromatic N) is 1. The Kier molecular flexibility index (Phi) is 6.52. The van der Waals surface area contributed by atoms with Gasteiger partial charge in [0.15, 0.2) is 0 Å². The molecule has 0 aromatic heterocycles. The molecule has 0 radical (unpaired) electrons. The molecular weight excluding hydrogens is 277 g/mol. The summed E-state index contributed by atoms with van der Waals surface area (Å²) in [4.78, 5) is 1.68. The lowest BCUT2D eigenvalue weighted by atomic mass is 10.1. The minimum Gasteiger partial charge on any atom is -0.374 e. The fourth-order valence-corrected chi connectivity index (χ4v) is 2.14. The molecule has 0 saturated carbocycles. The van der Waals surface area contributed by atoms with Crippen LogP contribution in [0.15, 0.2) is 18.2 Å². The summed E-state index contributed by atoms with van der Waals surface area (Å²) < 4.78 is 37.0. The topological polar surface area (TPSA) is 15.3 Å². The van der Waals surface area contributed by atoms with Crippen molar-refractivity contribution in [3.63, 3.8) is 0 Å². The fourth-order valence-electron chi connectivity index (χ4n) is 2.14. The summed E-state index contributed by atoms with van der Waals surface area (Å²) in [5, 5.41) is 3.35. The zero-order valence-corrected chi connectivity index (χ0v) is 13.2. The lowest BCUT2D eigenvalue weighted by Gasteiger charge is -2.24. The summed E-state index contributed by atoms with van der Waals surface area (Å²) in [6, 6.07) is 5.87. The molecule has 0 spiro atoms. The van der Waals surface area contributed by atoms with Gasteiger partial charge in [-0.2, -0.15) is 13.2 Å². The van der Waals surface area contributed by atoms with E-state index in [1.165, 1.54) is 0 Å². The fraction of sp³-hybridized carbons (Fsp3) is 0.625. The Morgan fingerprint density at radius 3 is 2.48 bits per heavy atom. The first-order chi connectivity index (χ1) is 9.69. The molecule has 0 amide bonds. The standard InChI is InChI=1S/C16H25F3N2/c1-12(2)10-20-11-14-9-13(3)5-6-15(14)21(4)8-7-16(17,18)19/h5-6,9,12,20H,7-8,10-11H2,1-4H3. The van der Waals surface area contributed by atoms with Crippen LogP contribution in [0.3, 0.4) is 0 Å². The van der Waals surface area contributed by atoms with Crippen molar-refractivity contribution >= 4 is 5.69 Å². The zero-order valence-electron chi connectivity index (χ0n) is 13.2. The van der Waals surface area contributed by atoms with E-state index in [4.69, 9.17) is 0 Å². The predicted octanol–water partition coefficient (Wildman–Crippen LogP) is 4.13. The average molecular weight is 302 g/mol. The Balaban J connectivity index is 2.75. The van der Waals surface area contributed by atoms with Crippen LogP contribution in [-0.4, -0.2) is 26.3 Å². The van der Waals surface area contributed by atoms with Crippen molar-refractivity contribution in [1.82, 2.24) is 5.32 Å². The Hall–Kier alpha value is -1.23. The van der Waals surface area contributed by atoms with Gasteiger partial charge in [-0.05, 0) is 31.0 Å². The van der Waals surface area contributed by atoms with E-state index in [0.717, 1.165) is 23.4 Å². The van der Waals surface area contributed by atoms with Gasteiger partial charge in [0.2, 0.25) is 0 Å². The van der Waals surface area contributed by atoms with Crippen LogP contribution in [0.5, 0.6) is 0 Å². The maximum atomic E-state index is 12.3. The third-order valence-corrected chi connectivity index (χ3v) is 3.24. The number of aryl methyl sites for hydroxylation is 1. The van der Waals surface area contributed by atoms with Crippen LogP contribution in [0.2, 0.25) is 0 Å². The molecule has 0 fully saturated rings. The largest absolute Gasteiger partial charge is 0.390 e. The number of hydrogen-bond acceptors (Lipinski definition) is 2. The molecule has 1 N–H and O–H groups in total. The number of rotatable bonds is 7. The Bertz CT molecular complexity index is 442. The molecule has 1 rings (SSSR count). The highest BCUT2D eigenvalue weighted by Gasteiger charge is 2.27. The van der Waals surface area contributed by atoms with Crippen molar-refractivity contribution in [1.29, 1.82) is 0 Å². The van der Waals surface area contributed by atoms with Gasteiger partial charge in [0.05, 0.1) is 6.42 Å². The molecule has 0 heterocycles. The van der Waals surface area contributed by atoms with Crippen molar-refractivity contribution in [3.8, 4) is 0 Å². The van der Waals surface area contributed by atoms with Crippen LogP contribution >= 0.6 is 0 Å². The summed E-state index contributed by atoms with van der Waals surface area (Å²) in [6.07, 6.45) is -4.91. The number of halogens is 3. The Morgan fingerprint density at radius 2 is 1.90 bits per heavy atom. The number of nitrogens with one attached hydrogen (secondary N) is 1. The number of anilines is 1. The van der Waals surface area contributed by atoms with Gasteiger partial charge in [-0.15, -0.1) is 0 Å². The van der Waals surface area contributed by atoms with Crippen molar-refractivity contribution in [2.45, 2.75) is 39.9 Å². The van der Waals surface area contributed by atoms with Gasteiger partial charge >= 0.3 is 6.18 Å². The summed E-state index contributed by atoms with van der Waals surface area (Å²) >= 11 is 0. The third kappa shape index (κ3) is 6.85. The smallest absolute Gasteiger partial charge is 0.374 e. The van der Waals surface area contributed by atoms with Gasteiger partial charge in [-0.1, -0.05) is 31.5 Å². The maximum Gasteiger partial charge on any atom is 0.390 e. The normalized spacial score (nSPS) is 12.0. The first-order valence-electron chi connectivity index (χ1n) is 7.27. The van der Waals surface area contributed by atoms with Crippen LogP contribution in [0.25, 0.3) is 0 Å². The molecule has 1 aromatic carbocycles. The monoisotopic (exact) mass is 302 g/mol. The molecule has 0 aliphatic carbocycles. The molecule has 0 atom stereocenters. The molecule has 5 heteroatoms. The molecule has 0 bridgehead atoms. The third-order valence-electron chi connectivity index (χ3n) is 3.24. The van der Waals surface area contributed by atoms with E-state index in [2.05, 4.69) is 19.2 Å². The van der Waals surface area contributed by atoms with Crippen molar-refractivity contribution < 1.29 is 13.2 Å². The van der Waals surface area contributed by atoms with E-state index < -0.39 is 12.6 Å². The van der Waals surface area contributed by atoms with Crippen molar-refractivity contribution in [3.05, 3.63) is 29.3 Å². The second-order valence-corrected chi connectivity index (χ2v) is 5.94. The number of alkyl halides is 3. The van der Waals surface area contributed by atoms with Crippen LogP contribution in [0.4, 0.5) is 18.9 Å². The van der Waals surface area contributed by atoms with Crippen molar-refractivity contribution in [2.75, 3.05) is 25.0 Å². The summed E-state index contributed by atoms with van der Waals surface area (Å²) in [7, 11) is 1.71. The lowest BCUT2D eigenvalue weighted by Crippen LogP contribution is -2.26. The van der Waals surface area contributed by atoms with E-state index in [1.54, 1.807) is 11.9 Å². The first kappa shape index (κ1) is 17.8. The molecule has 0 unspecified atom stereocenters. The molecule has 2 nitrogen and oxygen atoms in total. The van der Waals surface area contributed by atoms with E-state index in [-0.39, 0.29) is 6.54 Å².